The molecule has 0 radical (unpaired) electrons. The number of amides is 2. The fourth-order valence-electron chi connectivity index (χ4n) is 3.47. The maximum Gasteiger partial charge on any atom is 0.228 e. The average molecular weight is 368 g/mol. The number of fused-ring (bicyclic) bond motifs is 1. The van der Waals surface area contributed by atoms with E-state index in [1.54, 1.807) is 4.90 Å². The van der Waals surface area contributed by atoms with Gasteiger partial charge in [0.2, 0.25) is 11.8 Å². The first-order chi connectivity index (χ1) is 11.7. The Balaban J connectivity index is 0.00000182. The highest BCUT2D eigenvalue weighted by atomic mass is 35.5. The van der Waals surface area contributed by atoms with Gasteiger partial charge < -0.3 is 24.6 Å². The van der Waals surface area contributed by atoms with Gasteiger partial charge in [-0.2, -0.15) is 0 Å². The van der Waals surface area contributed by atoms with Crippen molar-refractivity contribution in [2.75, 3.05) is 50.8 Å². The van der Waals surface area contributed by atoms with Crippen LogP contribution in [0.3, 0.4) is 0 Å². The second kappa shape index (κ2) is 7.49. The van der Waals surface area contributed by atoms with Crippen molar-refractivity contribution in [3.8, 4) is 11.5 Å². The summed E-state index contributed by atoms with van der Waals surface area (Å²) in [5.41, 5.74) is 0.764. The number of piperazine rings is 1. The summed E-state index contributed by atoms with van der Waals surface area (Å²) in [6.07, 6.45) is 0.275. The molecule has 1 aromatic carbocycles. The normalized spacial score (nSPS) is 22.6. The molecule has 3 aliphatic rings. The van der Waals surface area contributed by atoms with Crippen LogP contribution in [0.25, 0.3) is 0 Å². The molecule has 136 valence electrons. The lowest BCUT2D eigenvalue weighted by Crippen LogP contribution is -2.48. The summed E-state index contributed by atoms with van der Waals surface area (Å²) in [6, 6.07) is 5.50. The van der Waals surface area contributed by atoms with E-state index >= 15 is 0 Å². The van der Waals surface area contributed by atoms with Crippen LogP contribution in [0.4, 0.5) is 5.69 Å². The van der Waals surface area contributed by atoms with Crippen LogP contribution in [0.15, 0.2) is 18.2 Å². The highest BCUT2D eigenvalue weighted by Gasteiger charge is 2.37. The van der Waals surface area contributed by atoms with E-state index in [0.29, 0.717) is 44.3 Å². The maximum absolute atomic E-state index is 12.6. The van der Waals surface area contributed by atoms with Crippen molar-refractivity contribution in [1.29, 1.82) is 0 Å². The largest absolute Gasteiger partial charge is 0.486 e. The van der Waals surface area contributed by atoms with E-state index in [0.717, 1.165) is 18.8 Å². The van der Waals surface area contributed by atoms with Gasteiger partial charge in [0.15, 0.2) is 11.5 Å². The molecule has 0 bridgehead atoms. The predicted octanol–water partition coefficient (Wildman–Crippen LogP) is 0.664. The van der Waals surface area contributed by atoms with Gasteiger partial charge >= 0.3 is 0 Å². The topological polar surface area (TPSA) is 71.1 Å². The Morgan fingerprint density at radius 1 is 1.12 bits per heavy atom. The fourth-order valence-corrected chi connectivity index (χ4v) is 3.47. The first-order valence-corrected chi connectivity index (χ1v) is 8.42. The second-order valence-electron chi connectivity index (χ2n) is 6.31. The van der Waals surface area contributed by atoms with Crippen LogP contribution in [-0.4, -0.2) is 62.7 Å². The van der Waals surface area contributed by atoms with Crippen LogP contribution in [0.2, 0.25) is 0 Å². The summed E-state index contributed by atoms with van der Waals surface area (Å²) in [7, 11) is 0. The van der Waals surface area contributed by atoms with Gasteiger partial charge in [-0.25, -0.2) is 0 Å². The van der Waals surface area contributed by atoms with Crippen LogP contribution in [0, 0.1) is 5.92 Å². The summed E-state index contributed by atoms with van der Waals surface area (Å²) < 4.78 is 11.1. The predicted molar refractivity (Wildman–Crippen MR) is 94.6 cm³/mol. The van der Waals surface area contributed by atoms with E-state index in [1.807, 2.05) is 23.1 Å². The molecule has 3 aliphatic heterocycles. The van der Waals surface area contributed by atoms with Crippen LogP contribution < -0.4 is 19.7 Å². The third-order valence-corrected chi connectivity index (χ3v) is 4.74. The number of rotatable bonds is 2. The Morgan fingerprint density at radius 3 is 2.60 bits per heavy atom. The molecule has 2 amide bonds. The zero-order valence-corrected chi connectivity index (χ0v) is 14.7. The van der Waals surface area contributed by atoms with Crippen molar-refractivity contribution in [2.45, 2.75) is 6.42 Å². The molecule has 3 heterocycles. The first-order valence-electron chi connectivity index (χ1n) is 8.42. The Bertz CT molecular complexity index is 663. The van der Waals surface area contributed by atoms with E-state index in [-0.39, 0.29) is 36.6 Å². The average Bonchev–Trinajstić information content (AvgIpc) is 3.03. The minimum Gasteiger partial charge on any atom is -0.486 e. The van der Waals surface area contributed by atoms with Gasteiger partial charge in [0.25, 0.3) is 0 Å². The van der Waals surface area contributed by atoms with Gasteiger partial charge in [-0.3, -0.25) is 9.59 Å². The van der Waals surface area contributed by atoms with Gasteiger partial charge in [-0.05, 0) is 12.1 Å². The number of carbonyl (C=O) groups is 2. The fraction of sp³-hybridized carbons (Fsp3) is 0.529. The lowest BCUT2D eigenvalue weighted by Gasteiger charge is -2.29. The van der Waals surface area contributed by atoms with Crippen molar-refractivity contribution < 1.29 is 19.1 Å². The first kappa shape index (κ1) is 17.8. The Morgan fingerprint density at radius 2 is 1.84 bits per heavy atom. The minimum absolute atomic E-state index is 0. The third kappa shape index (κ3) is 3.52. The number of hydrogen-bond acceptors (Lipinski definition) is 5. The van der Waals surface area contributed by atoms with Gasteiger partial charge in [0, 0.05) is 50.9 Å². The molecule has 0 spiro atoms. The van der Waals surface area contributed by atoms with E-state index < -0.39 is 0 Å². The lowest BCUT2D eigenvalue weighted by atomic mass is 10.1. The molecule has 2 saturated heterocycles. The standard InChI is InChI=1S/C17H21N3O4.ClH/c21-16-9-12(17(22)19-5-3-18-4-6-19)11-20(16)13-1-2-14-15(10-13)24-8-7-23-14;/h1-2,10,12,18H,3-9,11H2;1H. The van der Waals surface area contributed by atoms with Gasteiger partial charge in [0.1, 0.15) is 13.2 Å². The van der Waals surface area contributed by atoms with Crippen LogP contribution in [0.5, 0.6) is 11.5 Å². The SMILES string of the molecule is Cl.O=C(C1CC(=O)N(c2ccc3c(c2)OCCO3)C1)N1CCNCC1. The second-order valence-corrected chi connectivity index (χ2v) is 6.31. The minimum atomic E-state index is -0.260. The summed E-state index contributed by atoms with van der Waals surface area (Å²) in [5, 5.41) is 3.24. The third-order valence-electron chi connectivity index (χ3n) is 4.74. The number of carbonyl (C=O) groups excluding carboxylic acids is 2. The Labute approximate surface area is 152 Å². The highest BCUT2D eigenvalue weighted by Crippen LogP contribution is 2.36. The lowest BCUT2D eigenvalue weighted by molar-refractivity contribution is -0.136. The number of hydrogen-bond donors (Lipinski definition) is 1. The van der Waals surface area contributed by atoms with Gasteiger partial charge in [-0.1, -0.05) is 0 Å². The van der Waals surface area contributed by atoms with E-state index in [2.05, 4.69) is 5.32 Å². The highest BCUT2D eigenvalue weighted by molar-refractivity contribution is 6.00. The summed E-state index contributed by atoms with van der Waals surface area (Å²) >= 11 is 0. The molecule has 25 heavy (non-hydrogen) atoms. The molecule has 4 rings (SSSR count). The van der Waals surface area contributed by atoms with E-state index in [9.17, 15) is 9.59 Å². The molecule has 1 unspecified atom stereocenters. The van der Waals surface area contributed by atoms with Crippen molar-refractivity contribution >= 4 is 29.9 Å². The molecule has 0 saturated carbocycles. The molecule has 1 aromatic rings. The van der Waals surface area contributed by atoms with E-state index in [1.165, 1.54) is 0 Å². The summed E-state index contributed by atoms with van der Waals surface area (Å²) in [5.74, 6) is 1.17. The molecule has 7 nitrogen and oxygen atoms in total. The zero-order chi connectivity index (χ0) is 16.5. The van der Waals surface area contributed by atoms with Gasteiger partial charge in [-0.15, -0.1) is 12.4 Å². The number of nitrogens with one attached hydrogen (secondary N) is 1. The molecule has 0 aliphatic carbocycles. The maximum atomic E-state index is 12.6. The van der Waals surface area contributed by atoms with Crippen LogP contribution in [-0.2, 0) is 9.59 Å². The number of nitrogens with zero attached hydrogens (tertiary/aromatic N) is 2. The number of benzene rings is 1. The summed E-state index contributed by atoms with van der Waals surface area (Å²) in [4.78, 5) is 28.6. The monoisotopic (exact) mass is 367 g/mol. The molecule has 2 fully saturated rings. The summed E-state index contributed by atoms with van der Waals surface area (Å²) in [6.45, 7) is 4.55. The van der Waals surface area contributed by atoms with Crippen molar-refractivity contribution in [3.05, 3.63) is 18.2 Å². The molecule has 8 heteroatoms. The number of anilines is 1. The Kier molecular flexibility index (Phi) is 5.34. The van der Waals surface area contributed by atoms with Gasteiger partial charge in [0.05, 0.1) is 5.92 Å². The van der Waals surface area contributed by atoms with Crippen LogP contribution in [0.1, 0.15) is 6.42 Å². The molecule has 1 atom stereocenters. The van der Waals surface area contributed by atoms with Crippen LogP contribution >= 0.6 is 12.4 Å². The molecule has 1 N–H and O–H groups in total. The molecular formula is C17H22ClN3O4. The van der Waals surface area contributed by atoms with Crippen molar-refractivity contribution in [3.63, 3.8) is 0 Å². The van der Waals surface area contributed by atoms with Crippen molar-refractivity contribution in [2.24, 2.45) is 5.92 Å². The number of halogens is 1. The quantitative estimate of drug-likeness (QED) is 0.831. The smallest absolute Gasteiger partial charge is 0.228 e. The number of ether oxygens (including phenoxy) is 2. The zero-order valence-electron chi connectivity index (χ0n) is 13.9. The van der Waals surface area contributed by atoms with E-state index in [4.69, 9.17) is 9.47 Å². The molecule has 0 aromatic heterocycles. The Hall–Kier alpha value is -1.99. The molecular weight excluding hydrogens is 346 g/mol. The van der Waals surface area contributed by atoms with Crippen molar-refractivity contribution in [1.82, 2.24) is 10.2 Å².